The molecule has 1 saturated heterocycles. The van der Waals surface area contributed by atoms with E-state index in [1.54, 1.807) is 29.3 Å². The first-order chi connectivity index (χ1) is 13.8. The average molecular weight is 421 g/mol. The highest BCUT2D eigenvalue weighted by molar-refractivity contribution is 6.30. The fraction of sp³-hybridized carbons (Fsp3) is 0.263. The quantitative estimate of drug-likeness (QED) is 0.612. The van der Waals surface area contributed by atoms with Crippen molar-refractivity contribution in [2.24, 2.45) is 0 Å². The molecule has 10 heteroatoms. The zero-order valence-electron chi connectivity index (χ0n) is 15.2. The van der Waals surface area contributed by atoms with Crippen LogP contribution in [0.4, 0.5) is 14.5 Å². The summed E-state index contributed by atoms with van der Waals surface area (Å²) in [6.07, 6.45) is 0.00684. The number of carbonyl (C=O) groups is 1. The molecular weight excluding hydrogens is 406 g/mol. The maximum atomic E-state index is 12.9. The molecule has 0 radical (unpaired) electrons. The van der Waals surface area contributed by atoms with Gasteiger partial charge < -0.3 is 14.2 Å². The number of hydrogen-bond donors (Lipinski definition) is 0. The molecule has 4 rings (SSSR count). The minimum absolute atomic E-state index is 0.0251. The van der Waals surface area contributed by atoms with Crippen molar-refractivity contribution in [2.75, 3.05) is 11.4 Å². The second-order valence-electron chi connectivity index (χ2n) is 6.66. The molecule has 0 spiro atoms. The summed E-state index contributed by atoms with van der Waals surface area (Å²) >= 11 is 5.95. The molecule has 1 unspecified atom stereocenters. The maximum Gasteiger partial charge on any atom is 0.394 e. The van der Waals surface area contributed by atoms with Crippen LogP contribution in [0, 0.1) is 0 Å². The van der Waals surface area contributed by atoms with Crippen molar-refractivity contribution in [2.45, 2.75) is 25.4 Å². The predicted molar refractivity (Wildman–Crippen MR) is 99.9 cm³/mol. The normalized spacial score (nSPS) is 17.0. The minimum atomic E-state index is -3.26. The van der Waals surface area contributed by atoms with Gasteiger partial charge in [0.05, 0.1) is 22.8 Å². The maximum absolute atomic E-state index is 12.9. The number of anilines is 1. The number of pyridine rings is 1. The number of ether oxygens (including phenoxy) is 1. The number of rotatable bonds is 5. The van der Waals surface area contributed by atoms with E-state index in [1.807, 2.05) is 0 Å². The molecule has 29 heavy (non-hydrogen) atoms. The molecule has 1 aromatic carbocycles. The molecule has 0 saturated carbocycles. The van der Waals surface area contributed by atoms with E-state index in [4.69, 9.17) is 16.1 Å². The van der Waals surface area contributed by atoms with E-state index in [0.717, 1.165) is 0 Å². The Morgan fingerprint density at radius 1 is 1.28 bits per heavy atom. The van der Waals surface area contributed by atoms with E-state index in [-0.39, 0.29) is 24.0 Å². The van der Waals surface area contributed by atoms with Crippen molar-refractivity contribution < 1.29 is 22.8 Å². The predicted octanol–water partition coefficient (Wildman–Crippen LogP) is 4.30. The van der Waals surface area contributed by atoms with Gasteiger partial charge in [-0.15, -0.1) is 0 Å². The molecule has 1 aliphatic heterocycles. The van der Waals surface area contributed by atoms with Crippen molar-refractivity contribution in [3.63, 3.8) is 0 Å². The van der Waals surface area contributed by atoms with Gasteiger partial charge in [0.1, 0.15) is 5.75 Å². The minimum Gasteiger partial charge on any atom is -0.433 e. The number of aromatic nitrogens is 3. The van der Waals surface area contributed by atoms with Crippen molar-refractivity contribution in [1.82, 2.24) is 15.1 Å². The first kappa shape index (κ1) is 19.3. The third kappa shape index (κ3) is 4.34. The van der Waals surface area contributed by atoms with Crippen LogP contribution in [0.1, 0.15) is 25.2 Å². The molecule has 150 valence electrons. The largest absolute Gasteiger partial charge is 0.433 e. The molecule has 1 amide bonds. The molecule has 3 aromatic rings. The fourth-order valence-electron chi connectivity index (χ4n) is 3.07. The van der Waals surface area contributed by atoms with Crippen LogP contribution in [-0.4, -0.2) is 33.7 Å². The zero-order valence-corrected chi connectivity index (χ0v) is 15.9. The molecule has 3 heterocycles. The average Bonchev–Trinajstić information content (AvgIpc) is 3.28. The van der Waals surface area contributed by atoms with E-state index in [9.17, 15) is 13.6 Å². The summed E-state index contributed by atoms with van der Waals surface area (Å²) in [5.74, 6) is 0.276. The van der Waals surface area contributed by atoms with Gasteiger partial charge in [-0.3, -0.25) is 9.78 Å². The Labute approximate surface area is 169 Å². The van der Waals surface area contributed by atoms with Crippen LogP contribution in [0.25, 0.3) is 11.4 Å². The van der Waals surface area contributed by atoms with Crippen LogP contribution in [0.5, 0.6) is 5.75 Å². The first-order valence-corrected chi connectivity index (χ1v) is 9.08. The molecule has 1 atom stereocenters. The molecule has 0 aliphatic carbocycles. The number of nitrogens with zero attached hydrogens (tertiary/aromatic N) is 4. The van der Waals surface area contributed by atoms with Crippen molar-refractivity contribution in [3.8, 4) is 17.1 Å². The number of hydrogen-bond acceptors (Lipinski definition) is 6. The fourth-order valence-corrected chi connectivity index (χ4v) is 3.24. The van der Waals surface area contributed by atoms with Crippen LogP contribution in [0.2, 0.25) is 5.02 Å². The number of amides is 1. The number of alkyl halides is 2. The van der Waals surface area contributed by atoms with E-state index in [1.165, 1.54) is 18.3 Å². The van der Waals surface area contributed by atoms with Gasteiger partial charge in [-0.25, -0.2) is 0 Å². The van der Waals surface area contributed by atoms with E-state index in [0.29, 0.717) is 41.5 Å². The highest BCUT2D eigenvalue weighted by atomic mass is 35.5. The number of halogens is 3. The van der Waals surface area contributed by atoms with Crippen LogP contribution < -0.4 is 9.64 Å². The number of carbonyl (C=O) groups excluding carboxylic acids is 1. The van der Waals surface area contributed by atoms with Crippen molar-refractivity contribution in [1.29, 1.82) is 0 Å². The van der Waals surface area contributed by atoms with Gasteiger partial charge in [0, 0.05) is 31.6 Å². The topological polar surface area (TPSA) is 81.4 Å². The second-order valence-corrected chi connectivity index (χ2v) is 7.09. The van der Waals surface area contributed by atoms with Crippen molar-refractivity contribution >= 4 is 23.2 Å². The molecule has 2 aromatic heterocycles. The Morgan fingerprint density at radius 2 is 2.03 bits per heavy atom. The Bertz CT molecular complexity index is 1040. The van der Waals surface area contributed by atoms with Gasteiger partial charge in [-0.05, 0) is 30.3 Å². The lowest BCUT2D eigenvalue weighted by atomic mass is 10.1. The van der Waals surface area contributed by atoms with Gasteiger partial charge >= 0.3 is 6.11 Å². The summed E-state index contributed by atoms with van der Waals surface area (Å²) in [7, 11) is 0. The van der Waals surface area contributed by atoms with E-state index in [2.05, 4.69) is 19.9 Å². The standard InChI is InChI=1S/C19H15ClF2N4O3/c1-19(21,22)28-15-4-2-11(3-5-15)17-24-18(29-25-17)12-6-16(27)26(10-12)14-7-13(20)8-23-9-14/h2-5,7-9,12H,6,10H2,1H3. The first-order valence-electron chi connectivity index (χ1n) is 8.70. The monoisotopic (exact) mass is 420 g/mol. The Kier molecular flexibility index (Phi) is 4.91. The molecule has 1 aliphatic rings. The van der Waals surface area contributed by atoms with Gasteiger partial charge in [0.2, 0.25) is 17.6 Å². The SMILES string of the molecule is CC(F)(F)Oc1ccc(-c2noc(C3CC(=O)N(c4cncc(Cl)c4)C3)n2)cc1. The van der Waals surface area contributed by atoms with Crippen LogP contribution in [0.15, 0.2) is 47.2 Å². The lowest BCUT2D eigenvalue weighted by Gasteiger charge is -2.15. The molecule has 0 N–H and O–H groups in total. The summed E-state index contributed by atoms with van der Waals surface area (Å²) in [5, 5.41) is 4.37. The summed E-state index contributed by atoms with van der Waals surface area (Å²) < 4.78 is 35.7. The van der Waals surface area contributed by atoms with Crippen LogP contribution in [0.3, 0.4) is 0 Å². The third-order valence-corrected chi connectivity index (χ3v) is 4.53. The molecule has 0 bridgehead atoms. The Balaban J connectivity index is 1.49. The molecular formula is C19H15ClF2N4O3. The van der Waals surface area contributed by atoms with Gasteiger partial charge in [0.25, 0.3) is 0 Å². The Hall–Kier alpha value is -3.07. The van der Waals surface area contributed by atoms with Gasteiger partial charge in [-0.1, -0.05) is 16.8 Å². The molecule has 7 nitrogen and oxygen atoms in total. The number of benzene rings is 1. The van der Waals surface area contributed by atoms with E-state index >= 15 is 0 Å². The summed E-state index contributed by atoms with van der Waals surface area (Å²) in [4.78, 5) is 22.3. The van der Waals surface area contributed by atoms with E-state index < -0.39 is 6.11 Å². The Morgan fingerprint density at radius 3 is 2.72 bits per heavy atom. The summed E-state index contributed by atoms with van der Waals surface area (Å²) in [6.45, 7) is 1.03. The smallest absolute Gasteiger partial charge is 0.394 e. The van der Waals surface area contributed by atoms with Crippen LogP contribution >= 0.6 is 11.6 Å². The molecule has 1 fully saturated rings. The highest BCUT2D eigenvalue weighted by Gasteiger charge is 2.35. The summed E-state index contributed by atoms with van der Waals surface area (Å²) in [5.41, 5.74) is 1.18. The van der Waals surface area contributed by atoms with Gasteiger partial charge in [-0.2, -0.15) is 13.8 Å². The lowest BCUT2D eigenvalue weighted by molar-refractivity contribution is -0.158. The lowest BCUT2D eigenvalue weighted by Crippen LogP contribution is -2.24. The van der Waals surface area contributed by atoms with Crippen LogP contribution in [-0.2, 0) is 4.79 Å². The second kappa shape index (κ2) is 7.40. The van der Waals surface area contributed by atoms with Crippen molar-refractivity contribution in [3.05, 3.63) is 53.6 Å². The zero-order chi connectivity index (χ0) is 20.6. The summed E-state index contributed by atoms with van der Waals surface area (Å²) in [6, 6.07) is 7.57. The van der Waals surface area contributed by atoms with Gasteiger partial charge in [0.15, 0.2) is 0 Å². The highest BCUT2D eigenvalue weighted by Crippen LogP contribution is 2.33. The third-order valence-electron chi connectivity index (χ3n) is 4.33.